The third-order valence-electron chi connectivity index (χ3n) is 11.5. The molecule has 40 heavy (non-hydrogen) atoms. The van der Waals surface area contributed by atoms with Crippen LogP contribution in [0.25, 0.3) is 0 Å². The molecule has 0 saturated heterocycles. The summed E-state index contributed by atoms with van der Waals surface area (Å²) in [6.45, 7) is 2.46. The van der Waals surface area contributed by atoms with E-state index in [1.54, 1.807) is 43.7 Å². The Morgan fingerprint density at radius 1 is 1.07 bits per heavy atom. The molecule has 9 nitrogen and oxygen atoms in total. The van der Waals surface area contributed by atoms with Crippen molar-refractivity contribution in [3.05, 3.63) is 41.5 Å². The molecule has 4 N–H and O–H groups in total. The molecule has 1 amide bonds. The Kier molecular flexibility index (Phi) is 6.63. The maximum absolute atomic E-state index is 12.8. The molecule has 5 unspecified atom stereocenters. The van der Waals surface area contributed by atoms with Gasteiger partial charge in [0.2, 0.25) is 0 Å². The van der Waals surface area contributed by atoms with Crippen molar-refractivity contribution in [1.29, 1.82) is 0 Å². The summed E-state index contributed by atoms with van der Waals surface area (Å²) in [6.07, 6.45) is 8.06. The van der Waals surface area contributed by atoms with Crippen molar-refractivity contribution in [1.82, 2.24) is 5.43 Å². The van der Waals surface area contributed by atoms with E-state index in [4.69, 9.17) is 9.47 Å². The minimum Gasteiger partial charge on any atom is -0.497 e. The Balaban J connectivity index is 1.30. The van der Waals surface area contributed by atoms with Gasteiger partial charge in [0.1, 0.15) is 12.4 Å². The molecule has 0 spiro atoms. The van der Waals surface area contributed by atoms with Crippen molar-refractivity contribution in [2.75, 3.05) is 13.7 Å². The molecule has 1 aliphatic heterocycles. The number of amides is 1. The number of cyclic esters (lactones) is 1. The van der Waals surface area contributed by atoms with Gasteiger partial charge in [-0.15, -0.1) is 0 Å². The van der Waals surface area contributed by atoms with Gasteiger partial charge in [-0.05, 0) is 99.0 Å². The number of methoxy groups -OCH3 is 1. The zero-order valence-corrected chi connectivity index (χ0v) is 23.3. The zero-order valence-electron chi connectivity index (χ0n) is 23.3. The molecule has 1 aromatic rings. The van der Waals surface area contributed by atoms with E-state index in [9.17, 15) is 24.9 Å². The summed E-state index contributed by atoms with van der Waals surface area (Å²) >= 11 is 0. The van der Waals surface area contributed by atoms with Gasteiger partial charge in [-0.1, -0.05) is 6.92 Å². The van der Waals surface area contributed by atoms with Crippen LogP contribution >= 0.6 is 0 Å². The fraction of sp³-hybridized carbons (Fsp3) is 0.645. The fourth-order valence-electron chi connectivity index (χ4n) is 9.37. The minimum atomic E-state index is -1.18. The third kappa shape index (κ3) is 3.96. The Hall–Kier alpha value is -2.75. The van der Waals surface area contributed by atoms with Crippen LogP contribution in [-0.4, -0.2) is 64.4 Å². The number of aliphatic hydroxyl groups is 3. The summed E-state index contributed by atoms with van der Waals surface area (Å²) < 4.78 is 10.4. The number of nitrogens with one attached hydrogen (secondary N) is 1. The summed E-state index contributed by atoms with van der Waals surface area (Å²) in [7, 11) is 1.57. The van der Waals surface area contributed by atoms with Crippen LogP contribution in [0, 0.1) is 28.6 Å². The average molecular weight is 553 g/mol. The van der Waals surface area contributed by atoms with Crippen LogP contribution in [0.15, 0.2) is 41.0 Å². The summed E-state index contributed by atoms with van der Waals surface area (Å²) in [4.78, 5) is 24.7. The molecule has 9 heteroatoms. The van der Waals surface area contributed by atoms with Gasteiger partial charge in [0.15, 0.2) is 0 Å². The molecule has 4 aliphatic carbocycles. The minimum absolute atomic E-state index is 0.0624. The molecule has 6 rings (SSSR count). The van der Waals surface area contributed by atoms with Crippen LogP contribution in [-0.2, 0) is 9.53 Å². The smallest absolute Gasteiger partial charge is 0.331 e. The molecule has 1 heterocycles. The number of aliphatic hydroxyl groups excluding tert-OH is 1. The number of hydrogen-bond donors (Lipinski definition) is 4. The van der Waals surface area contributed by atoms with E-state index in [0.717, 1.165) is 24.8 Å². The second-order valence-electron chi connectivity index (χ2n) is 12.9. The van der Waals surface area contributed by atoms with E-state index in [-0.39, 0.29) is 36.1 Å². The summed E-state index contributed by atoms with van der Waals surface area (Å²) in [5, 5.41) is 39.6. The first kappa shape index (κ1) is 27.4. The van der Waals surface area contributed by atoms with Gasteiger partial charge in [-0.2, -0.15) is 5.10 Å². The van der Waals surface area contributed by atoms with Crippen LogP contribution < -0.4 is 10.2 Å². The first-order valence-corrected chi connectivity index (χ1v) is 14.5. The van der Waals surface area contributed by atoms with E-state index in [1.165, 1.54) is 0 Å². The Labute approximate surface area is 234 Å². The molecule has 4 saturated carbocycles. The quantitative estimate of drug-likeness (QED) is 0.250. The Bertz CT molecular complexity index is 1250. The summed E-state index contributed by atoms with van der Waals surface area (Å²) in [5.41, 5.74) is 0.729. The van der Waals surface area contributed by atoms with Gasteiger partial charge < -0.3 is 24.8 Å². The second kappa shape index (κ2) is 9.67. The van der Waals surface area contributed by atoms with Gasteiger partial charge in [0.25, 0.3) is 5.91 Å². The van der Waals surface area contributed by atoms with Crippen LogP contribution in [0.4, 0.5) is 0 Å². The van der Waals surface area contributed by atoms with Crippen LogP contribution in [0.2, 0.25) is 0 Å². The van der Waals surface area contributed by atoms with Gasteiger partial charge in [0.05, 0.1) is 24.4 Å². The Morgan fingerprint density at radius 3 is 2.52 bits per heavy atom. The standard InChI is InChI=1S/C31H40N2O7/c1-28-11-8-24-25(31(28,38)14-10-23(28)20-15-26(35)40-17-20)9-13-30(37)16-21(34)7-12-29(24,30)18-32-33-27(36)19-3-5-22(39-2)6-4-19/h3-6,15,18,21,23-25,34,37-38H,7-14,16-17H2,1-2H3,(H,33,36)/b32-18+/t21-,23?,24+,25-,28?,29?,30?,31?/m1/s1. The number of ether oxygens (including phenoxy) is 2. The summed E-state index contributed by atoms with van der Waals surface area (Å²) in [5.74, 6) is -0.0815. The van der Waals surface area contributed by atoms with Crippen molar-refractivity contribution >= 4 is 18.1 Å². The highest BCUT2D eigenvalue weighted by molar-refractivity contribution is 5.94. The number of esters is 1. The van der Waals surface area contributed by atoms with Gasteiger partial charge in [0, 0.05) is 35.1 Å². The predicted octanol–water partition coefficient (Wildman–Crippen LogP) is 3.12. The zero-order chi connectivity index (χ0) is 28.3. The van der Waals surface area contributed by atoms with Crippen LogP contribution in [0.1, 0.15) is 75.1 Å². The summed E-state index contributed by atoms with van der Waals surface area (Å²) in [6, 6.07) is 6.75. The molecular weight excluding hydrogens is 512 g/mol. The number of benzene rings is 1. The molecule has 8 atom stereocenters. The number of rotatable bonds is 5. The molecular formula is C31H40N2O7. The number of carbonyl (C=O) groups is 2. The van der Waals surface area contributed by atoms with Gasteiger partial charge >= 0.3 is 5.97 Å². The highest BCUT2D eigenvalue weighted by Crippen LogP contribution is 2.70. The normalized spacial score (nSPS) is 42.4. The maximum atomic E-state index is 12.8. The van der Waals surface area contributed by atoms with Crippen molar-refractivity contribution in [2.45, 2.75) is 82.0 Å². The van der Waals surface area contributed by atoms with Crippen molar-refractivity contribution in [3.8, 4) is 5.75 Å². The SMILES string of the molecule is COc1ccc(C(=O)N/N=C/C23CC[C@@H](O)CC2(O)CC[C@@H]2[C@@H]3CCC3(C)C(C4=CC(=O)OC4)CCC23O)cc1. The highest BCUT2D eigenvalue weighted by Gasteiger charge is 2.71. The van der Waals surface area contributed by atoms with E-state index in [0.29, 0.717) is 50.0 Å². The predicted molar refractivity (Wildman–Crippen MR) is 146 cm³/mol. The van der Waals surface area contributed by atoms with E-state index < -0.39 is 28.1 Å². The lowest BCUT2D eigenvalue weighted by Crippen LogP contribution is -2.68. The number of carbonyl (C=O) groups excluding carboxylic acids is 2. The van der Waals surface area contributed by atoms with Crippen LogP contribution in [0.3, 0.4) is 0 Å². The van der Waals surface area contributed by atoms with E-state index in [2.05, 4.69) is 17.5 Å². The van der Waals surface area contributed by atoms with Crippen LogP contribution in [0.5, 0.6) is 5.75 Å². The van der Waals surface area contributed by atoms with Gasteiger partial charge in [-0.25, -0.2) is 10.2 Å². The first-order chi connectivity index (χ1) is 19.1. The van der Waals surface area contributed by atoms with Gasteiger partial charge in [-0.3, -0.25) is 4.79 Å². The Morgan fingerprint density at radius 2 is 1.82 bits per heavy atom. The monoisotopic (exact) mass is 552 g/mol. The molecule has 0 aromatic heterocycles. The maximum Gasteiger partial charge on any atom is 0.331 e. The molecule has 216 valence electrons. The number of nitrogens with zero attached hydrogens (tertiary/aromatic N) is 1. The molecule has 0 radical (unpaired) electrons. The molecule has 4 fully saturated rings. The topological polar surface area (TPSA) is 138 Å². The lowest BCUT2D eigenvalue weighted by molar-refractivity contribution is -0.237. The first-order valence-electron chi connectivity index (χ1n) is 14.5. The molecule has 5 aliphatic rings. The number of hydrazone groups is 1. The number of hydrogen-bond acceptors (Lipinski definition) is 8. The highest BCUT2D eigenvalue weighted by atomic mass is 16.5. The number of fused-ring (bicyclic) bond motifs is 5. The molecule has 1 aromatic carbocycles. The molecule has 0 bridgehead atoms. The second-order valence-corrected chi connectivity index (χ2v) is 12.9. The van der Waals surface area contributed by atoms with Crippen molar-refractivity contribution in [3.63, 3.8) is 0 Å². The lowest BCUT2D eigenvalue weighted by atomic mass is 9.41. The average Bonchev–Trinajstić information content (AvgIpc) is 3.48. The van der Waals surface area contributed by atoms with E-state index in [1.807, 2.05) is 0 Å². The van der Waals surface area contributed by atoms with Crippen molar-refractivity contribution in [2.24, 2.45) is 33.7 Å². The van der Waals surface area contributed by atoms with E-state index >= 15 is 0 Å². The third-order valence-corrected chi connectivity index (χ3v) is 11.5. The van der Waals surface area contributed by atoms with Crippen molar-refractivity contribution < 1.29 is 34.4 Å². The largest absolute Gasteiger partial charge is 0.497 e. The lowest BCUT2D eigenvalue weighted by Gasteiger charge is -2.65. The fourth-order valence-corrected chi connectivity index (χ4v) is 9.37.